The second-order valence-electron chi connectivity index (χ2n) is 6.37. The lowest BCUT2D eigenvalue weighted by Gasteiger charge is -2.47. The lowest BCUT2D eigenvalue weighted by Crippen LogP contribution is -2.49. The van der Waals surface area contributed by atoms with Crippen molar-refractivity contribution >= 4 is 22.9 Å². The van der Waals surface area contributed by atoms with Crippen molar-refractivity contribution in [1.29, 1.82) is 0 Å². The summed E-state index contributed by atoms with van der Waals surface area (Å²) in [5.74, 6) is 0.389. The first-order valence-electron chi connectivity index (χ1n) is 7.28. The highest BCUT2D eigenvalue weighted by Crippen LogP contribution is 2.52. The van der Waals surface area contributed by atoms with Gasteiger partial charge in [-0.1, -0.05) is 0 Å². The molecule has 0 N–H and O–H groups in total. The highest BCUT2D eigenvalue weighted by atomic mass is 32.1. The maximum Gasteiger partial charge on any atom is 0.146 e. The molecule has 20 heavy (non-hydrogen) atoms. The molecule has 1 aromatic heterocycles. The van der Waals surface area contributed by atoms with Crippen molar-refractivity contribution in [2.24, 2.45) is 5.41 Å². The Bertz CT molecular complexity index is 507. The zero-order valence-corrected chi connectivity index (χ0v) is 13.0. The number of hydrogen-bond acceptors (Lipinski definition) is 4. The fourth-order valence-corrected chi connectivity index (χ4v) is 4.78. The van der Waals surface area contributed by atoms with Crippen LogP contribution in [0.15, 0.2) is 16.8 Å². The van der Waals surface area contributed by atoms with Crippen LogP contribution >= 0.6 is 11.3 Å². The molecule has 4 heteroatoms. The Morgan fingerprint density at radius 1 is 1.05 bits per heavy atom. The van der Waals surface area contributed by atoms with E-state index in [1.54, 1.807) is 11.3 Å². The van der Waals surface area contributed by atoms with Gasteiger partial charge in [-0.25, -0.2) is 0 Å². The van der Waals surface area contributed by atoms with E-state index in [1.165, 1.54) is 5.56 Å². The van der Waals surface area contributed by atoms with E-state index < -0.39 is 5.41 Å². The molecule has 0 atom stereocenters. The number of rotatable bonds is 2. The van der Waals surface area contributed by atoms with Crippen LogP contribution in [0.2, 0.25) is 0 Å². The topological polar surface area (TPSA) is 37.4 Å². The Kier molecular flexibility index (Phi) is 3.33. The number of thiophene rings is 1. The van der Waals surface area contributed by atoms with E-state index in [4.69, 9.17) is 0 Å². The van der Waals surface area contributed by atoms with E-state index in [0.717, 1.165) is 25.7 Å². The summed E-state index contributed by atoms with van der Waals surface area (Å²) in [6, 6.07) is 2.18. The summed E-state index contributed by atoms with van der Waals surface area (Å²) in [6.45, 7) is 0. The van der Waals surface area contributed by atoms with Crippen molar-refractivity contribution in [3.63, 3.8) is 0 Å². The van der Waals surface area contributed by atoms with Gasteiger partial charge in [0.1, 0.15) is 11.6 Å². The molecule has 0 radical (unpaired) electrons. The standard InChI is InChI=1S/C16H21NO2S/c1-17(2)16(12-5-10-20-11-12)8-6-15(7-9-16)13(18)3-4-14(15)19/h5,10-11H,3-4,6-9H2,1-2H3. The van der Waals surface area contributed by atoms with Crippen molar-refractivity contribution in [3.05, 3.63) is 22.4 Å². The molecule has 108 valence electrons. The zero-order valence-electron chi connectivity index (χ0n) is 12.1. The number of carbonyl (C=O) groups is 2. The molecule has 1 spiro atoms. The summed E-state index contributed by atoms with van der Waals surface area (Å²) < 4.78 is 0. The van der Waals surface area contributed by atoms with Crippen molar-refractivity contribution in [2.75, 3.05) is 14.1 Å². The van der Waals surface area contributed by atoms with Crippen LogP contribution in [0.4, 0.5) is 0 Å². The maximum atomic E-state index is 12.2. The normalized spacial score (nSPS) is 24.8. The van der Waals surface area contributed by atoms with Gasteiger partial charge in [0.15, 0.2) is 0 Å². The molecule has 1 heterocycles. The van der Waals surface area contributed by atoms with Crippen molar-refractivity contribution in [1.82, 2.24) is 4.90 Å². The van der Waals surface area contributed by atoms with Crippen molar-refractivity contribution in [3.8, 4) is 0 Å². The number of carbonyl (C=O) groups excluding carboxylic acids is 2. The fraction of sp³-hybridized carbons (Fsp3) is 0.625. The summed E-state index contributed by atoms with van der Waals surface area (Å²) in [7, 11) is 4.21. The van der Waals surface area contributed by atoms with E-state index in [2.05, 4.69) is 35.8 Å². The van der Waals surface area contributed by atoms with Crippen LogP contribution in [0.25, 0.3) is 0 Å². The van der Waals surface area contributed by atoms with Gasteiger partial charge in [-0.15, -0.1) is 0 Å². The predicted octanol–water partition coefficient (Wildman–Crippen LogP) is 3.00. The van der Waals surface area contributed by atoms with Gasteiger partial charge in [-0.3, -0.25) is 14.5 Å². The molecular formula is C16H21NO2S. The Labute approximate surface area is 124 Å². The Balaban J connectivity index is 1.90. The molecule has 3 nitrogen and oxygen atoms in total. The van der Waals surface area contributed by atoms with E-state index in [1.807, 2.05) is 0 Å². The highest BCUT2D eigenvalue weighted by Gasteiger charge is 2.54. The third kappa shape index (κ3) is 1.81. The average molecular weight is 291 g/mol. The minimum atomic E-state index is -0.629. The molecule has 0 aromatic carbocycles. The second kappa shape index (κ2) is 4.78. The third-order valence-electron chi connectivity index (χ3n) is 5.49. The van der Waals surface area contributed by atoms with Crippen LogP contribution in [0, 0.1) is 5.41 Å². The van der Waals surface area contributed by atoms with Crippen LogP contribution < -0.4 is 0 Å². The molecule has 0 aliphatic heterocycles. The molecule has 0 saturated heterocycles. The Morgan fingerprint density at radius 2 is 1.65 bits per heavy atom. The molecular weight excluding hydrogens is 270 g/mol. The molecule has 2 aliphatic carbocycles. The van der Waals surface area contributed by atoms with Gasteiger partial charge in [0, 0.05) is 18.4 Å². The van der Waals surface area contributed by atoms with Crippen LogP contribution in [0.1, 0.15) is 44.1 Å². The largest absolute Gasteiger partial charge is 0.300 e. The summed E-state index contributed by atoms with van der Waals surface area (Å²) in [5, 5.41) is 4.31. The number of hydrogen-bond donors (Lipinski definition) is 0. The van der Waals surface area contributed by atoms with E-state index in [-0.39, 0.29) is 17.1 Å². The summed E-state index contributed by atoms with van der Waals surface area (Å²) in [5.41, 5.74) is 0.699. The lowest BCUT2D eigenvalue weighted by atomic mass is 9.63. The predicted molar refractivity (Wildman–Crippen MR) is 79.8 cm³/mol. The highest BCUT2D eigenvalue weighted by molar-refractivity contribution is 7.08. The number of nitrogens with zero attached hydrogens (tertiary/aromatic N) is 1. The molecule has 0 bridgehead atoms. The van der Waals surface area contributed by atoms with E-state index >= 15 is 0 Å². The molecule has 2 aliphatic rings. The monoisotopic (exact) mass is 291 g/mol. The first-order valence-corrected chi connectivity index (χ1v) is 8.22. The zero-order chi connectivity index (χ0) is 14.4. The first kappa shape index (κ1) is 14.0. The minimum Gasteiger partial charge on any atom is -0.300 e. The van der Waals surface area contributed by atoms with Gasteiger partial charge >= 0.3 is 0 Å². The van der Waals surface area contributed by atoms with Crippen LogP contribution in [-0.4, -0.2) is 30.6 Å². The molecule has 2 saturated carbocycles. The van der Waals surface area contributed by atoms with Gasteiger partial charge in [-0.2, -0.15) is 11.3 Å². The maximum absolute atomic E-state index is 12.2. The van der Waals surface area contributed by atoms with Crippen LogP contribution in [0.5, 0.6) is 0 Å². The number of ketones is 2. The average Bonchev–Trinajstić information content (AvgIpc) is 3.05. The SMILES string of the molecule is CN(C)C1(c2ccsc2)CCC2(CC1)C(=O)CCC2=O. The molecule has 1 aromatic rings. The summed E-state index contributed by atoms with van der Waals surface area (Å²) in [6.07, 6.45) is 4.16. The summed E-state index contributed by atoms with van der Waals surface area (Å²) >= 11 is 1.71. The second-order valence-corrected chi connectivity index (χ2v) is 7.15. The molecule has 2 fully saturated rings. The quantitative estimate of drug-likeness (QED) is 0.786. The van der Waals surface area contributed by atoms with Crippen molar-refractivity contribution in [2.45, 2.75) is 44.1 Å². The van der Waals surface area contributed by atoms with Gasteiger partial charge < -0.3 is 0 Å². The first-order chi connectivity index (χ1) is 9.51. The molecule has 3 rings (SSSR count). The van der Waals surface area contributed by atoms with Crippen LogP contribution in [0.3, 0.4) is 0 Å². The van der Waals surface area contributed by atoms with Crippen molar-refractivity contribution < 1.29 is 9.59 Å². The third-order valence-corrected chi connectivity index (χ3v) is 6.18. The Morgan fingerprint density at radius 3 is 2.10 bits per heavy atom. The lowest BCUT2D eigenvalue weighted by molar-refractivity contribution is -0.139. The fourth-order valence-electron chi connectivity index (χ4n) is 4.03. The van der Waals surface area contributed by atoms with Gasteiger partial charge in [-0.05, 0) is 62.2 Å². The smallest absolute Gasteiger partial charge is 0.146 e. The van der Waals surface area contributed by atoms with Gasteiger partial charge in [0.25, 0.3) is 0 Å². The van der Waals surface area contributed by atoms with E-state index in [9.17, 15) is 9.59 Å². The van der Waals surface area contributed by atoms with Gasteiger partial charge in [0.2, 0.25) is 0 Å². The number of Topliss-reactive ketones (excluding diaryl/α,β-unsaturated/α-hetero) is 2. The minimum absolute atomic E-state index is 0.00556. The van der Waals surface area contributed by atoms with E-state index in [0.29, 0.717) is 12.8 Å². The Hall–Kier alpha value is -1.00. The van der Waals surface area contributed by atoms with Crippen LogP contribution in [-0.2, 0) is 15.1 Å². The summed E-state index contributed by atoms with van der Waals surface area (Å²) in [4.78, 5) is 26.7. The molecule has 0 unspecified atom stereocenters. The van der Waals surface area contributed by atoms with Gasteiger partial charge in [0.05, 0.1) is 5.41 Å². The molecule has 0 amide bonds.